The van der Waals surface area contributed by atoms with Crippen LogP contribution in [-0.2, 0) is 0 Å². The van der Waals surface area contributed by atoms with Crippen LogP contribution >= 0.6 is 43.6 Å². The summed E-state index contributed by atoms with van der Waals surface area (Å²) >= 11 is 8.77. The first kappa shape index (κ1) is 23.0. The summed E-state index contributed by atoms with van der Waals surface area (Å²) in [6.07, 6.45) is 5.40. The molecule has 1 unspecified atom stereocenters. The molecule has 3 aliphatic rings. The van der Waals surface area contributed by atoms with Gasteiger partial charge in [-0.3, -0.25) is 0 Å². The molecular formula is C29H21Br2FN2S. The van der Waals surface area contributed by atoms with Gasteiger partial charge in [0.15, 0.2) is 5.17 Å². The van der Waals surface area contributed by atoms with Crippen LogP contribution in [0.4, 0.5) is 4.39 Å². The molecule has 0 bridgehead atoms. The largest absolute Gasteiger partial charge is 0.308 e. The number of hydrogen-bond donors (Lipinski definition) is 0. The van der Waals surface area contributed by atoms with Crippen molar-refractivity contribution in [3.8, 4) is 0 Å². The van der Waals surface area contributed by atoms with Crippen molar-refractivity contribution in [3.05, 3.63) is 127 Å². The molecule has 0 amide bonds. The first-order valence-corrected chi connectivity index (χ1v) is 14.0. The quantitative estimate of drug-likeness (QED) is 0.295. The van der Waals surface area contributed by atoms with Crippen LogP contribution in [0.3, 0.4) is 0 Å². The molecule has 0 saturated carbocycles. The predicted molar refractivity (Wildman–Crippen MR) is 151 cm³/mol. The summed E-state index contributed by atoms with van der Waals surface area (Å²) in [5.74, 6) is -0.225. The lowest BCUT2D eigenvalue weighted by Crippen LogP contribution is -2.34. The second-order valence-corrected chi connectivity index (χ2v) is 11.5. The first-order chi connectivity index (χ1) is 17.1. The fraction of sp³-hybridized carbons (Fsp3) is 0.138. The van der Waals surface area contributed by atoms with Crippen LogP contribution in [0.2, 0.25) is 0 Å². The third-order valence-corrected chi connectivity index (χ3v) is 8.47. The van der Waals surface area contributed by atoms with Gasteiger partial charge in [-0.2, -0.15) is 0 Å². The Labute approximate surface area is 225 Å². The second-order valence-electron chi connectivity index (χ2n) is 8.79. The maximum atomic E-state index is 13.7. The van der Waals surface area contributed by atoms with Crippen molar-refractivity contribution in [2.45, 2.75) is 25.3 Å². The molecule has 6 rings (SSSR count). The van der Waals surface area contributed by atoms with Crippen molar-refractivity contribution in [2.75, 3.05) is 0 Å². The average molecular weight is 608 g/mol. The highest BCUT2D eigenvalue weighted by Gasteiger charge is 2.40. The van der Waals surface area contributed by atoms with Crippen LogP contribution < -0.4 is 0 Å². The van der Waals surface area contributed by atoms with E-state index in [-0.39, 0.29) is 11.9 Å². The number of aliphatic imine (C=N–C) groups is 1. The molecular weight excluding hydrogens is 587 g/mol. The Balaban J connectivity index is 1.48. The Morgan fingerprint density at radius 1 is 0.886 bits per heavy atom. The van der Waals surface area contributed by atoms with Crippen molar-refractivity contribution in [1.29, 1.82) is 0 Å². The maximum Gasteiger partial charge on any atom is 0.174 e. The second kappa shape index (κ2) is 9.57. The first-order valence-electron chi connectivity index (χ1n) is 11.5. The van der Waals surface area contributed by atoms with Gasteiger partial charge in [0.1, 0.15) is 5.82 Å². The Morgan fingerprint density at radius 2 is 1.57 bits per heavy atom. The van der Waals surface area contributed by atoms with Gasteiger partial charge in [0.05, 0.1) is 17.4 Å². The molecule has 0 N–H and O–H groups in total. The third kappa shape index (κ3) is 4.48. The summed E-state index contributed by atoms with van der Waals surface area (Å²) in [5.41, 5.74) is 8.24. The molecule has 0 radical (unpaired) electrons. The molecule has 2 heterocycles. The molecule has 3 aromatic rings. The van der Waals surface area contributed by atoms with Crippen molar-refractivity contribution in [2.24, 2.45) is 4.99 Å². The number of nitrogens with zero attached hydrogens (tertiary/aromatic N) is 2. The number of amidine groups is 1. The van der Waals surface area contributed by atoms with Gasteiger partial charge in [0.25, 0.3) is 0 Å². The SMILES string of the molecule is Fc1ccc(C2=CSC3=NC4=C(CCC/C4=C\c4ccc(Br)cc4)C(c4ccc(Br)cc4)N23)cc1. The highest BCUT2D eigenvalue weighted by molar-refractivity contribution is 9.10. The number of hydrogen-bond acceptors (Lipinski definition) is 3. The molecule has 1 atom stereocenters. The number of fused-ring (bicyclic) bond motifs is 1. The zero-order valence-corrected chi connectivity index (χ0v) is 22.7. The Bertz CT molecular complexity index is 1400. The Morgan fingerprint density at radius 3 is 2.29 bits per heavy atom. The van der Waals surface area contributed by atoms with Gasteiger partial charge in [0.2, 0.25) is 0 Å². The fourth-order valence-electron chi connectivity index (χ4n) is 4.95. The minimum atomic E-state index is -0.225. The lowest BCUT2D eigenvalue weighted by molar-refractivity contribution is 0.457. The van der Waals surface area contributed by atoms with Crippen LogP contribution in [0.15, 0.2) is 109 Å². The molecule has 2 aliphatic heterocycles. The van der Waals surface area contributed by atoms with Gasteiger partial charge in [-0.05, 0) is 102 Å². The van der Waals surface area contributed by atoms with E-state index in [0.29, 0.717) is 0 Å². The van der Waals surface area contributed by atoms with Gasteiger partial charge in [0, 0.05) is 14.4 Å². The molecule has 0 aromatic heterocycles. The third-order valence-electron chi connectivity index (χ3n) is 6.57. The zero-order chi connectivity index (χ0) is 23.9. The van der Waals surface area contributed by atoms with E-state index in [4.69, 9.17) is 4.99 Å². The molecule has 174 valence electrons. The molecule has 0 fully saturated rings. The Hall–Kier alpha value is -2.41. The molecule has 2 nitrogen and oxygen atoms in total. The molecule has 0 saturated heterocycles. The lowest BCUT2D eigenvalue weighted by atomic mass is 9.83. The summed E-state index contributed by atoms with van der Waals surface area (Å²) in [5, 5.41) is 3.12. The minimum Gasteiger partial charge on any atom is -0.308 e. The average Bonchev–Trinajstić information content (AvgIpc) is 3.29. The summed E-state index contributed by atoms with van der Waals surface area (Å²) in [7, 11) is 0. The number of thioether (sulfide) groups is 1. The van der Waals surface area contributed by atoms with Gasteiger partial charge in [-0.15, -0.1) is 0 Å². The van der Waals surface area contributed by atoms with Gasteiger partial charge in [-0.1, -0.05) is 67.9 Å². The van der Waals surface area contributed by atoms with E-state index in [9.17, 15) is 4.39 Å². The van der Waals surface area contributed by atoms with E-state index >= 15 is 0 Å². The minimum absolute atomic E-state index is 0.0468. The summed E-state index contributed by atoms with van der Waals surface area (Å²) in [6, 6.07) is 23.8. The van der Waals surface area contributed by atoms with Gasteiger partial charge < -0.3 is 4.90 Å². The topological polar surface area (TPSA) is 15.6 Å². The van der Waals surface area contributed by atoms with Crippen LogP contribution in [-0.4, -0.2) is 10.1 Å². The highest BCUT2D eigenvalue weighted by atomic mass is 79.9. The van der Waals surface area contributed by atoms with Crippen molar-refractivity contribution in [1.82, 2.24) is 4.90 Å². The molecule has 3 aromatic carbocycles. The van der Waals surface area contributed by atoms with Crippen molar-refractivity contribution in [3.63, 3.8) is 0 Å². The van der Waals surface area contributed by atoms with Crippen LogP contribution in [0.5, 0.6) is 0 Å². The standard InChI is InChI=1S/C29H21Br2FN2S/c30-22-10-4-18(5-11-22)16-21-2-1-3-25-27(21)33-29-34(28(25)20-6-12-23(31)13-7-20)26(17-35-29)19-8-14-24(32)15-9-19/h4-17,28H,1-3H2/b21-16+. The monoisotopic (exact) mass is 606 g/mol. The lowest BCUT2D eigenvalue weighted by Gasteiger charge is -2.40. The van der Waals surface area contributed by atoms with E-state index in [0.717, 1.165) is 50.3 Å². The van der Waals surface area contributed by atoms with E-state index in [1.165, 1.54) is 34.4 Å². The van der Waals surface area contributed by atoms with Crippen LogP contribution in [0.1, 0.15) is 42.0 Å². The van der Waals surface area contributed by atoms with Gasteiger partial charge >= 0.3 is 0 Å². The fourth-order valence-corrected chi connectivity index (χ4v) is 6.41. The van der Waals surface area contributed by atoms with E-state index < -0.39 is 0 Å². The van der Waals surface area contributed by atoms with E-state index in [1.807, 2.05) is 12.1 Å². The number of rotatable bonds is 3. The molecule has 0 spiro atoms. The van der Waals surface area contributed by atoms with Gasteiger partial charge in [-0.25, -0.2) is 9.38 Å². The summed E-state index contributed by atoms with van der Waals surface area (Å²) in [6.45, 7) is 0. The number of benzene rings is 3. The predicted octanol–water partition coefficient (Wildman–Crippen LogP) is 9.33. The maximum absolute atomic E-state index is 13.7. The summed E-state index contributed by atoms with van der Waals surface area (Å²) < 4.78 is 15.8. The molecule has 6 heteroatoms. The normalized spacial score (nSPS) is 20.5. The highest BCUT2D eigenvalue weighted by Crippen LogP contribution is 2.51. The summed E-state index contributed by atoms with van der Waals surface area (Å²) in [4.78, 5) is 7.56. The smallest absolute Gasteiger partial charge is 0.174 e. The molecule has 35 heavy (non-hydrogen) atoms. The zero-order valence-electron chi connectivity index (χ0n) is 18.7. The number of allylic oxidation sites excluding steroid dienone is 1. The van der Waals surface area contributed by atoms with Crippen LogP contribution in [0.25, 0.3) is 11.8 Å². The molecule has 1 aliphatic carbocycles. The van der Waals surface area contributed by atoms with Crippen molar-refractivity contribution < 1.29 is 4.39 Å². The van der Waals surface area contributed by atoms with E-state index in [2.05, 4.69) is 96.8 Å². The van der Waals surface area contributed by atoms with E-state index in [1.54, 1.807) is 11.8 Å². The van der Waals surface area contributed by atoms with Crippen LogP contribution in [0, 0.1) is 5.82 Å². The van der Waals surface area contributed by atoms with Crippen molar-refractivity contribution >= 4 is 60.6 Å². The Kier molecular flexibility index (Phi) is 6.29. The number of halogens is 3.